The Morgan fingerprint density at radius 2 is 1.71 bits per heavy atom. The Morgan fingerprint density at radius 3 is 2.21 bits per heavy atom. The molecule has 1 aliphatic carbocycles. The van der Waals surface area contributed by atoms with E-state index in [9.17, 15) is 9.90 Å². The molecule has 0 radical (unpaired) electrons. The topological polar surface area (TPSA) is 58.6 Å². The van der Waals surface area contributed by atoms with E-state index in [1.807, 2.05) is 26.0 Å². The molecule has 0 unspecified atom stereocenters. The molecule has 2 aliphatic rings. The predicted octanol–water partition coefficient (Wildman–Crippen LogP) is 4.18. The van der Waals surface area contributed by atoms with Crippen LogP contribution in [0.15, 0.2) is 22.4 Å². The van der Waals surface area contributed by atoms with Gasteiger partial charge in [0.25, 0.3) is 5.91 Å². The molecule has 1 fully saturated rings. The summed E-state index contributed by atoms with van der Waals surface area (Å²) >= 11 is 3.48. The van der Waals surface area contributed by atoms with E-state index < -0.39 is 5.54 Å². The van der Waals surface area contributed by atoms with E-state index in [2.05, 4.69) is 28.2 Å². The Bertz CT molecular complexity index is 707. The average Bonchev–Trinajstić information content (AvgIpc) is 2.75. The summed E-state index contributed by atoms with van der Waals surface area (Å²) in [5.74, 6) is 0.0150. The second-order valence-corrected chi connectivity index (χ2v) is 8.24. The van der Waals surface area contributed by atoms with Crippen LogP contribution in [0.1, 0.15) is 49.3 Å². The van der Waals surface area contributed by atoms with E-state index in [0.717, 1.165) is 34.0 Å². The van der Waals surface area contributed by atoms with E-state index >= 15 is 0 Å². The molecule has 1 saturated carbocycles. The van der Waals surface area contributed by atoms with Gasteiger partial charge in [0.15, 0.2) is 0 Å². The molecule has 1 aliphatic heterocycles. The Balaban J connectivity index is 2.04. The zero-order valence-electron chi connectivity index (χ0n) is 14.6. The van der Waals surface area contributed by atoms with Crippen LogP contribution >= 0.6 is 15.9 Å². The smallest absolute Gasteiger partial charge is 0.256 e. The van der Waals surface area contributed by atoms with Gasteiger partial charge >= 0.3 is 0 Å². The highest BCUT2D eigenvalue weighted by atomic mass is 79.9. The van der Waals surface area contributed by atoms with Gasteiger partial charge in [-0.3, -0.25) is 4.79 Å². The number of aryl methyl sites for hydroxylation is 2. The van der Waals surface area contributed by atoms with Crippen LogP contribution in [-0.2, 0) is 9.53 Å². The van der Waals surface area contributed by atoms with Crippen molar-refractivity contribution in [1.82, 2.24) is 5.32 Å². The van der Waals surface area contributed by atoms with E-state index in [4.69, 9.17) is 4.74 Å². The number of hydrogen-bond acceptors (Lipinski definition) is 3. The minimum absolute atomic E-state index is 0.178. The molecule has 0 bridgehead atoms. The number of carbonyl (C=O) groups excluding carboxylic acids is 1. The third-order valence-electron chi connectivity index (χ3n) is 5.67. The first-order chi connectivity index (χ1) is 11.2. The molecule has 24 heavy (non-hydrogen) atoms. The lowest BCUT2D eigenvalue weighted by Gasteiger charge is -2.42. The van der Waals surface area contributed by atoms with E-state index in [-0.39, 0.29) is 17.3 Å². The molecule has 2 N–H and O–H groups in total. The standard InChI is InChI=1S/C19H24BrNO3/c1-11-9-13(20)10-12(2)14(11)15-16(22)19(21-17(15)23)7-5-18(3,24-4)6-8-19/h9-10,22H,5-8H2,1-4H3,(H,21,23). The van der Waals surface area contributed by atoms with Gasteiger partial charge in [0, 0.05) is 11.6 Å². The summed E-state index contributed by atoms with van der Waals surface area (Å²) < 4.78 is 6.57. The van der Waals surface area contributed by atoms with Crippen molar-refractivity contribution in [2.24, 2.45) is 0 Å². The highest BCUT2D eigenvalue weighted by molar-refractivity contribution is 9.10. The SMILES string of the molecule is COC1(C)CCC2(CC1)NC(=O)C(c1c(C)cc(Br)cc1C)=C2O. The molecule has 0 aromatic heterocycles. The van der Waals surface area contributed by atoms with Crippen molar-refractivity contribution in [2.75, 3.05) is 7.11 Å². The van der Waals surface area contributed by atoms with Gasteiger partial charge < -0.3 is 15.2 Å². The molecule has 0 atom stereocenters. The number of hydrogen-bond donors (Lipinski definition) is 2. The summed E-state index contributed by atoms with van der Waals surface area (Å²) in [6, 6.07) is 3.95. The number of benzene rings is 1. The molecule has 1 aromatic rings. The third-order valence-corrected chi connectivity index (χ3v) is 6.13. The fraction of sp³-hybridized carbons (Fsp3) is 0.526. The van der Waals surface area contributed by atoms with Crippen molar-refractivity contribution in [3.8, 4) is 0 Å². The molecule has 1 aromatic carbocycles. The molecular formula is C19H24BrNO3. The number of ether oxygens (including phenoxy) is 1. The number of carbonyl (C=O) groups is 1. The maximum absolute atomic E-state index is 12.7. The summed E-state index contributed by atoms with van der Waals surface area (Å²) in [7, 11) is 1.72. The minimum atomic E-state index is -0.642. The fourth-order valence-electron chi connectivity index (χ4n) is 3.99. The van der Waals surface area contributed by atoms with Gasteiger partial charge in [-0.05, 0) is 75.3 Å². The summed E-state index contributed by atoms with van der Waals surface area (Å²) in [5, 5.41) is 14.1. The average molecular weight is 394 g/mol. The first kappa shape index (κ1) is 17.5. The largest absolute Gasteiger partial charge is 0.509 e. The van der Waals surface area contributed by atoms with Crippen molar-refractivity contribution in [3.05, 3.63) is 39.1 Å². The van der Waals surface area contributed by atoms with Crippen molar-refractivity contribution < 1.29 is 14.6 Å². The zero-order valence-corrected chi connectivity index (χ0v) is 16.2. The van der Waals surface area contributed by atoms with Gasteiger partial charge in [-0.15, -0.1) is 0 Å². The number of amides is 1. The number of aliphatic hydroxyl groups is 1. The van der Waals surface area contributed by atoms with Gasteiger partial charge in [-0.2, -0.15) is 0 Å². The minimum Gasteiger partial charge on any atom is -0.509 e. The quantitative estimate of drug-likeness (QED) is 0.791. The molecule has 1 spiro atoms. The molecule has 5 heteroatoms. The van der Waals surface area contributed by atoms with Crippen molar-refractivity contribution in [1.29, 1.82) is 0 Å². The zero-order chi connectivity index (χ0) is 17.7. The van der Waals surface area contributed by atoms with Crippen LogP contribution in [-0.4, -0.2) is 29.3 Å². The van der Waals surface area contributed by atoms with Gasteiger partial charge in [0.1, 0.15) is 5.76 Å². The Morgan fingerprint density at radius 1 is 1.17 bits per heavy atom. The summed E-state index contributed by atoms with van der Waals surface area (Å²) in [5.41, 5.74) is 2.41. The molecular weight excluding hydrogens is 370 g/mol. The lowest BCUT2D eigenvalue weighted by Crippen LogP contribution is -2.51. The number of aliphatic hydroxyl groups excluding tert-OH is 1. The molecule has 4 nitrogen and oxygen atoms in total. The summed E-state index contributed by atoms with van der Waals surface area (Å²) in [6.45, 7) is 6.02. The predicted molar refractivity (Wildman–Crippen MR) is 97.9 cm³/mol. The van der Waals surface area contributed by atoms with E-state index in [1.54, 1.807) is 7.11 Å². The highest BCUT2D eigenvalue weighted by Crippen LogP contribution is 2.45. The van der Waals surface area contributed by atoms with Gasteiger partial charge in [0.2, 0.25) is 0 Å². The molecule has 1 amide bonds. The number of rotatable bonds is 2. The van der Waals surface area contributed by atoms with Crippen LogP contribution in [0, 0.1) is 13.8 Å². The first-order valence-electron chi connectivity index (χ1n) is 8.30. The van der Waals surface area contributed by atoms with Crippen molar-refractivity contribution in [3.63, 3.8) is 0 Å². The molecule has 3 rings (SSSR count). The number of methoxy groups -OCH3 is 1. The third kappa shape index (κ3) is 2.68. The summed E-state index contributed by atoms with van der Waals surface area (Å²) in [6.07, 6.45) is 2.99. The monoisotopic (exact) mass is 393 g/mol. The molecule has 1 heterocycles. The van der Waals surface area contributed by atoms with Crippen LogP contribution in [0.5, 0.6) is 0 Å². The normalized spacial score (nSPS) is 30.1. The van der Waals surface area contributed by atoms with Gasteiger partial charge in [-0.1, -0.05) is 15.9 Å². The Labute approximate surface area is 151 Å². The Hall–Kier alpha value is -1.33. The number of halogens is 1. The van der Waals surface area contributed by atoms with Crippen LogP contribution < -0.4 is 5.32 Å². The maximum atomic E-state index is 12.7. The van der Waals surface area contributed by atoms with E-state index in [0.29, 0.717) is 18.4 Å². The second kappa shape index (κ2) is 5.88. The van der Waals surface area contributed by atoms with Crippen molar-refractivity contribution >= 4 is 27.4 Å². The maximum Gasteiger partial charge on any atom is 0.256 e. The van der Waals surface area contributed by atoms with Crippen LogP contribution in [0.25, 0.3) is 5.57 Å². The lowest BCUT2D eigenvalue weighted by atomic mass is 9.74. The molecule has 0 saturated heterocycles. The molecule has 130 valence electrons. The van der Waals surface area contributed by atoms with Crippen molar-refractivity contribution in [2.45, 2.75) is 57.6 Å². The van der Waals surface area contributed by atoms with Crippen LogP contribution in [0.2, 0.25) is 0 Å². The second-order valence-electron chi connectivity index (χ2n) is 7.33. The fourth-order valence-corrected chi connectivity index (χ4v) is 4.68. The summed E-state index contributed by atoms with van der Waals surface area (Å²) in [4.78, 5) is 12.7. The number of nitrogens with one attached hydrogen (secondary N) is 1. The lowest BCUT2D eigenvalue weighted by molar-refractivity contribution is -0.117. The van der Waals surface area contributed by atoms with Crippen LogP contribution in [0.3, 0.4) is 0 Å². The first-order valence-corrected chi connectivity index (χ1v) is 9.09. The Kier molecular flexibility index (Phi) is 4.29. The van der Waals surface area contributed by atoms with E-state index in [1.165, 1.54) is 0 Å². The van der Waals surface area contributed by atoms with Gasteiger partial charge in [0.05, 0.1) is 16.7 Å². The van der Waals surface area contributed by atoms with Crippen LogP contribution in [0.4, 0.5) is 0 Å². The highest BCUT2D eigenvalue weighted by Gasteiger charge is 2.50. The van der Waals surface area contributed by atoms with Gasteiger partial charge in [-0.25, -0.2) is 0 Å².